The zero-order valence-corrected chi connectivity index (χ0v) is 19.7. The highest BCUT2D eigenvalue weighted by molar-refractivity contribution is 6.32. The topological polar surface area (TPSA) is 90.0 Å². The predicted octanol–water partition coefficient (Wildman–Crippen LogP) is 4.61. The first-order chi connectivity index (χ1) is 16.8. The number of benzene rings is 3. The lowest BCUT2D eigenvalue weighted by atomic mass is 9.83. The van der Waals surface area contributed by atoms with Crippen molar-refractivity contribution < 1.29 is 28.7 Å². The summed E-state index contributed by atoms with van der Waals surface area (Å²) in [5, 5.41) is 0. The van der Waals surface area contributed by atoms with Crippen molar-refractivity contribution >= 4 is 29.4 Å². The van der Waals surface area contributed by atoms with E-state index >= 15 is 0 Å². The minimum atomic E-state index is -2.50. The Hall–Kier alpha value is -4.26. The second-order valence-electron chi connectivity index (χ2n) is 8.39. The Morgan fingerprint density at radius 1 is 0.886 bits per heavy atom. The lowest BCUT2D eigenvalue weighted by molar-refractivity contribution is -0.172. The lowest BCUT2D eigenvalue weighted by Crippen LogP contribution is -2.61. The van der Waals surface area contributed by atoms with Crippen LogP contribution in [0.2, 0.25) is 0 Å². The maximum Gasteiger partial charge on any atom is 0.365 e. The first-order valence-electron chi connectivity index (χ1n) is 11.3. The summed E-state index contributed by atoms with van der Waals surface area (Å²) in [6.45, 7) is 5.57. The van der Waals surface area contributed by atoms with Crippen molar-refractivity contribution in [2.75, 3.05) is 11.5 Å². The molecule has 3 aromatic carbocycles. The second-order valence-corrected chi connectivity index (χ2v) is 8.39. The van der Waals surface area contributed by atoms with Gasteiger partial charge in [-0.25, -0.2) is 14.5 Å². The number of carbonyl (C=O) groups is 4. The number of nitrogens with zero attached hydrogens (tertiary/aromatic N) is 1. The molecule has 0 saturated carbocycles. The summed E-state index contributed by atoms with van der Waals surface area (Å²) in [5.74, 6) is -3.37. The van der Waals surface area contributed by atoms with E-state index in [2.05, 4.69) is 0 Å². The smallest absolute Gasteiger partial charge is 0.365 e. The van der Waals surface area contributed by atoms with Crippen LogP contribution in [0.15, 0.2) is 78.9 Å². The molecule has 0 fully saturated rings. The van der Waals surface area contributed by atoms with E-state index in [0.717, 1.165) is 10.5 Å². The van der Waals surface area contributed by atoms with Crippen LogP contribution in [0.25, 0.3) is 0 Å². The van der Waals surface area contributed by atoms with Gasteiger partial charge in [0.1, 0.15) is 0 Å². The highest BCUT2D eigenvalue weighted by Gasteiger charge is 2.61. The maximum absolute atomic E-state index is 14.0. The standard InChI is InChI=1S/C28H25NO6/c1-4-34-27(33)28(35-25(31)20-10-6-5-7-11-20)23-13-9-8-12-22(23)24(30)29(26(28)32)21-16-14-19(15-17-21)18(2)3/h5-18H,4H2,1-3H3. The fourth-order valence-electron chi connectivity index (χ4n) is 4.05. The first-order valence-corrected chi connectivity index (χ1v) is 11.3. The highest BCUT2D eigenvalue weighted by atomic mass is 16.6. The fourth-order valence-corrected chi connectivity index (χ4v) is 4.05. The maximum atomic E-state index is 14.0. The molecule has 0 bridgehead atoms. The van der Waals surface area contributed by atoms with Crippen molar-refractivity contribution in [2.24, 2.45) is 0 Å². The van der Waals surface area contributed by atoms with Crippen molar-refractivity contribution in [1.29, 1.82) is 0 Å². The van der Waals surface area contributed by atoms with Crippen LogP contribution in [0, 0.1) is 0 Å². The molecule has 1 aliphatic heterocycles. The van der Waals surface area contributed by atoms with E-state index < -0.39 is 29.4 Å². The Balaban J connectivity index is 1.91. The van der Waals surface area contributed by atoms with Gasteiger partial charge in [-0.3, -0.25) is 9.59 Å². The number of rotatable bonds is 6. The Kier molecular flexibility index (Phi) is 6.51. The van der Waals surface area contributed by atoms with Crippen molar-refractivity contribution in [1.82, 2.24) is 0 Å². The molecule has 35 heavy (non-hydrogen) atoms. The summed E-state index contributed by atoms with van der Waals surface area (Å²) < 4.78 is 11.0. The van der Waals surface area contributed by atoms with Gasteiger partial charge in [-0.1, -0.05) is 62.4 Å². The molecular weight excluding hydrogens is 446 g/mol. The third-order valence-corrected chi connectivity index (χ3v) is 5.88. The molecule has 2 amide bonds. The molecule has 0 aliphatic carbocycles. The lowest BCUT2D eigenvalue weighted by Gasteiger charge is -2.39. The molecule has 0 radical (unpaired) electrons. The molecular formula is C28H25NO6. The van der Waals surface area contributed by atoms with Gasteiger partial charge in [0.05, 0.1) is 17.9 Å². The number of amides is 2. The quantitative estimate of drug-likeness (QED) is 0.296. The molecule has 7 nitrogen and oxygen atoms in total. The monoisotopic (exact) mass is 471 g/mol. The van der Waals surface area contributed by atoms with E-state index in [9.17, 15) is 19.2 Å². The van der Waals surface area contributed by atoms with Gasteiger partial charge in [0.15, 0.2) is 0 Å². The Bertz CT molecular complexity index is 1280. The number of ether oxygens (including phenoxy) is 2. The molecule has 3 aromatic rings. The van der Waals surface area contributed by atoms with Crippen molar-refractivity contribution in [2.45, 2.75) is 32.3 Å². The van der Waals surface area contributed by atoms with Crippen LogP contribution in [-0.2, 0) is 24.7 Å². The molecule has 1 unspecified atom stereocenters. The van der Waals surface area contributed by atoms with Crippen LogP contribution in [-0.4, -0.2) is 30.4 Å². The summed E-state index contributed by atoms with van der Waals surface area (Å²) in [4.78, 5) is 55.0. The molecule has 1 atom stereocenters. The summed E-state index contributed by atoms with van der Waals surface area (Å²) in [7, 11) is 0. The van der Waals surface area contributed by atoms with Gasteiger partial charge < -0.3 is 9.47 Å². The van der Waals surface area contributed by atoms with E-state index in [1.54, 1.807) is 49.4 Å². The molecule has 1 aliphatic rings. The predicted molar refractivity (Wildman–Crippen MR) is 129 cm³/mol. The van der Waals surface area contributed by atoms with Crippen LogP contribution < -0.4 is 4.90 Å². The van der Waals surface area contributed by atoms with E-state index in [-0.39, 0.29) is 34.9 Å². The first kappa shape index (κ1) is 23.9. The number of fused-ring (bicyclic) bond motifs is 1. The SMILES string of the molecule is CCOC(=O)C1(OC(=O)c2ccccc2)C(=O)N(c2ccc(C(C)C)cc2)C(=O)c2ccccc21. The number of esters is 2. The number of hydrogen-bond acceptors (Lipinski definition) is 6. The summed E-state index contributed by atoms with van der Waals surface area (Å²) in [6, 6.07) is 21.0. The number of imide groups is 1. The van der Waals surface area contributed by atoms with Gasteiger partial charge in [-0.2, -0.15) is 0 Å². The molecule has 0 spiro atoms. The van der Waals surface area contributed by atoms with Gasteiger partial charge >= 0.3 is 17.5 Å². The van der Waals surface area contributed by atoms with Crippen molar-refractivity contribution in [3.8, 4) is 0 Å². The Labute approximate surface area is 203 Å². The summed E-state index contributed by atoms with van der Waals surface area (Å²) in [6.07, 6.45) is 0. The van der Waals surface area contributed by atoms with Gasteiger partial charge in [0, 0.05) is 11.1 Å². The van der Waals surface area contributed by atoms with E-state index in [1.165, 1.54) is 24.3 Å². The van der Waals surface area contributed by atoms with E-state index in [4.69, 9.17) is 9.47 Å². The van der Waals surface area contributed by atoms with Crippen LogP contribution in [0.3, 0.4) is 0 Å². The zero-order valence-electron chi connectivity index (χ0n) is 19.7. The van der Waals surface area contributed by atoms with Crippen LogP contribution in [0.5, 0.6) is 0 Å². The summed E-state index contributed by atoms with van der Waals surface area (Å²) in [5.41, 5.74) is -1.06. The Morgan fingerprint density at radius 2 is 1.51 bits per heavy atom. The minimum absolute atomic E-state index is 0.0345. The van der Waals surface area contributed by atoms with Gasteiger partial charge in [-0.05, 0) is 48.7 Å². The molecule has 4 rings (SSSR count). The average molecular weight is 472 g/mol. The number of hydrogen-bond donors (Lipinski definition) is 0. The molecule has 0 aromatic heterocycles. The van der Waals surface area contributed by atoms with Gasteiger partial charge in [0.2, 0.25) is 0 Å². The second kappa shape index (κ2) is 9.54. The zero-order chi connectivity index (χ0) is 25.2. The van der Waals surface area contributed by atoms with Crippen molar-refractivity contribution in [3.63, 3.8) is 0 Å². The molecule has 178 valence electrons. The number of anilines is 1. The Morgan fingerprint density at radius 3 is 2.14 bits per heavy atom. The third-order valence-electron chi connectivity index (χ3n) is 5.88. The van der Waals surface area contributed by atoms with E-state index in [0.29, 0.717) is 0 Å². The van der Waals surface area contributed by atoms with Crippen LogP contribution >= 0.6 is 0 Å². The average Bonchev–Trinajstić information content (AvgIpc) is 2.87. The summed E-state index contributed by atoms with van der Waals surface area (Å²) >= 11 is 0. The molecule has 1 heterocycles. The molecule has 0 saturated heterocycles. The largest absolute Gasteiger partial charge is 0.462 e. The van der Waals surface area contributed by atoms with Gasteiger partial charge in [-0.15, -0.1) is 0 Å². The van der Waals surface area contributed by atoms with Gasteiger partial charge in [0.25, 0.3) is 11.8 Å². The normalized spacial score (nSPS) is 17.2. The molecule has 0 N–H and O–H groups in total. The van der Waals surface area contributed by atoms with Crippen molar-refractivity contribution in [3.05, 3.63) is 101 Å². The third kappa shape index (κ3) is 4.10. The number of carbonyl (C=O) groups excluding carboxylic acids is 4. The fraction of sp³-hybridized carbons (Fsp3) is 0.214. The minimum Gasteiger partial charge on any atom is -0.462 e. The van der Waals surface area contributed by atoms with Crippen LogP contribution in [0.1, 0.15) is 58.5 Å². The molecule has 7 heteroatoms. The highest BCUT2D eigenvalue weighted by Crippen LogP contribution is 2.40. The van der Waals surface area contributed by atoms with E-state index in [1.807, 2.05) is 26.0 Å². The van der Waals surface area contributed by atoms with Crippen LogP contribution in [0.4, 0.5) is 5.69 Å².